The molecule has 3 rings (SSSR count). The van der Waals surface area contributed by atoms with E-state index in [1.807, 2.05) is 30.3 Å². The zero-order chi connectivity index (χ0) is 15.7. The Bertz CT molecular complexity index is 696. The van der Waals surface area contributed by atoms with E-state index in [1.54, 1.807) is 28.9 Å². The van der Waals surface area contributed by atoms with Gasteiger partial charge in [-0.05, 0) is 25.5 Å². The summed E-state index contributed by atoms with van der Waals surface area (Å²) in [7, 11) is 0. The van der Waals surface area contributed by atoms with Crippen LogP contribution < -0.4 is 4.90 Å². The maximum Gasteiger partial charge on any atom is 0.312 e. The van der Waals surface area contributed by atoms with Crippen LogP contribution in [0.25, 0.3) is 0 Å². The number of aliphatic carboxylic acids is 1. The normalized spacial score (nSPS) is 19.4. The summed E-state index contributed by atoms with van der Waals surface area (Å²) in [6.07, 6.45) is 3.90. The van der Waals surface area contributed by atoms with Crippen molar-refractivity contribution in [1.29, 1.82) is 0 Å². The van der Waals surface area contributed by atoms with E-state index in [4.69, 9.17) is 5.11 Å². The molecule has 0 saturated carbocycles. The van der Waals surface area contributed by atoms with E-state index in [0.29, 0.717) is 18.7 Å². The van der Waals surface area contributed by atoms with E-state index in [-0.39, 0.29) is 11.9 Å². The van der Waals surface area contributed by atoms with Crippen LogP contribution in [-0.2, 0) is 9.59 Å². The number of anilines is 1. The third kappa shape index (κ3) is 2.47. The predicted molar refractivity (Wildman–Crippen MR) is 80.7 cm³/mol. The number of aromatic nitrogens is 2. The smallest absolute Gasteiger partial charge is 0.312 e. The number of carboxylic acid groups (broad SMARTS) is 1. The molecule has 6 heteroatoms. The first-order chi connectivity index (χ1) is 10.6. The SMILES string of the molecule is CC(C(=O)O)c1cn(C2CCN(c3ccccc3)C2=O)cn1. The number of carbonyl (C=O) groups is 2. The van der Waals surface area contributed by atoms with Gasteiger partial charge in [0.25, 0.3) is 0 Å². The van der Waals surface area contributed by atoms with Gasteiger partial charge in [-0.1, -0.05) is 18.2 Å². The van der Waals surface area contributed by atoms with Crippen LogP contribution in [-0.4, -0.2) is 33.1 Å². The minimum Gasteiger partial charge on any atom is -0.481 e. The van der Waals surface area contributed by atoms with Crippen molar-refractivity contribution in [3.63, 3.8) is 0 Å². The Morgan fingerprint density at radius 1 is 1.36 bits per heavy atom. The fraction of sp³-hybridized carbons (Fsp3) is 0.312. The first-order valence-corrected chi connectivity index (χ1v) is 7.20. The molecule has 0 aliphatic carbocycles. The summed E-state index contributed by atoms with van der Waals surface area (Å²) in [5, 5.41) is 9.03. The largest absolute Gasteiger partial charge is 0.481 e. The molecule has 1 aliphatic rings. The van der Waals surface area contributed by atoms with E-state index in [1.165, 1.54) is 0 Å². The molecular weight excluding hydrogens is 282 g/mol. The molecular formula is C16H17N3O3. The van der Waals surface area contributed by atoms with Gasteiger partial charge in [0.2, 0.25) is 5.91 Å². The lowest BCUT2D eigenvalue weighted by molar-refractivity contribution is -0.138. The fourth-order valence-electron chi connectivity index (χ4n) is 2.68. The Labute approximate surface area is 128 Å². The third-order valence-electron chi connectivity index (χ3n) is 4.04. The topological polar surface area (TPSA) is 75.4 Å². The Hall–Kier alpha value is -2.63. The molecule has 6 nitrogen and oxygen atoms in total. The van der Waals surface area contributed by atoms with E-state index >= 15 is 0 Å². The van der Waals surface area contributed by atoms with Crippen molar-refractivity contribution in [3.8, 4) is 0 Å². The maximum absolute atomic E-state index is 12.6. The minimum absolute atomic E-state index is 0.0122. The average molecular weight is 299 g/mol. The lowest BCUT2D eigenvalue weighted by Gasteiger charge is -2.17. The number of carboxylic acids is 1. The van der Waals surface area contributed by atoms with Crippen molar-refractivity contribution >= 4 is 17.6 Å². The van der Waals surface area contributed by atoms with Crippen molar-refractivity contribution in [3.05, 3.63) is 48.5 Å². The number of rotatable bonds is 4. The number of nitrogens with zero attached hydrogens (tertiary/aromatic N) is 3. The van der Waals surface area contributed by atoms with Gasteiger partial charge in [-0.2, -0.15) is 0 Å². The Morgan fingerprint density at radius 3 is 2.77 bits per heavy atom. The fourth-order valence-corrected chi connectivity index (χ4v) is 2.68. The summed E-state index contributed by atoms with van der Waals surface area (Å²) >= 11 is 0. The summed E-state index contributed by atoms with van der Waals surface area (Å²) in [6, 6.07) is 9.22. The predicted octanol–water partition coefficient (Wildman–Crippen LogP) is 2.05. The third-order valence-corrected chi connectivity index (χ3v) is 4.04. The second kappa shape index (κ2) is 5.63. The number of carbonyl (C=O) groups excluding carboxylic acids is 1. The van der Waals surface area contributed by atoms with E-state index in [9.17, 15) is 9.59 Å². The average Bonchev–Trinajstić information content (AvgIpc) is 3.13. The summed E-state index contributed by atoms with van der Waals surface area (Å²) in [6.45, 7) is 2.23. The zero-order valence-corrected chi connectivity index (χ0v) is 12.2. The molecule has 1 N–H and O–H groups in total. The van der Waals surface area contributed by atoms with E-state index in [2.05, 4.69) is 4.98 Å². The molecule has 114 valence electrons. The number of hydrogen-bond acceptors (Lipinski definition) is 3. The molecule has 1 saturated heterocycles. The highest BCUT2D eigenvalue weighted by Gasteiger charge is 2.34. The molecule has 0 radical (unpaired) electrons. The van der Waals surface area contributed by atoms with Crippen LogP contribution in [0.4, 0.5) is 5.69 Å². The second-order valence-corrected chi connectivity index (χ2v) is 5.44. The molecule has 0 bridgehead atoms. The molecule has 1 aliphatic heterocycles. The highest BCUT2D eigenvalue weighted by atomic mass is 16.4. The number of hydrogen-bond donors (Lipinski definition) is 1. The van der Waals surface area contributed by atoms with Gasteiger partial charge in [0.05, 0.1) is 17.9 Å². The van der Waals surface area contributed by atoms with Gasteiger partial charge in [0.15, 0.2) is 0 Å². The molecule has 22 heavy (non-hydrogen) atoms. The van der Waals surface area contributed by atoms with Crippen LogP contribution in [0.1, 0.15) is 31.0 Å². The van der Waals surface area contributed by atoms with Crippen LogP contribution in [0.2, 0.25) is 0 Å². The molecule has 1 fully saturated rings. The lowest BCUT2D eigenvalue weighted by Crippen LogP contribution is -2.27. The van der Waals surface area contributed by atoms with Gasteiger partial charge in [0.1, 0.15) is 6.04 Å². The number of benzene rings is 1. The standard InChI is InChI=1S/C16H17N3O3/c1-11(16(21)22)13-9-18(10-17-13)14-7-8-19(15(14)20)12-5-3-2-4-6-12/h2-6,9-11,14H,7-8H2,1H3,(H,21,22). The maximum atomic E-state index is 12.6. The quantitative estimate of drug-likeness (QED) is 0.937. The van der Waals surface area contributed by atoms with Crippen LogP contribution in [0.15, 0.2) is 42.9 Å². The Kier molecular flexibility index (Phi) is 3.66. The highest BCUT2D eigenvalue weighted by Crippen LogP contribution is 2.29. The number of imidazole rings is 1. The Balaban J connectivity index is 1.80. The lowest BCUT2D eigenvalue weighted by atomic mass is 10.1. The van der Waals surface area contributed by atoms with Gasteiger partial charge < -0.3 is 14.6 Å². The molecule has 2 atom stereocenters. The van der Waals surface area contributed by atoms with Gasteiger partial charge in [0, 0.05) is 18.4 Å². The molecule has 1 aromatic carbocycles. The summed E-state index contributed by atoms with van der Waals surface area (Å²) < 4.78 is 1.72. The second-order valence-electron chi connectivity index (χ2n) is 5.44. The summed E-state index contributed by atoms with van der Waals surface area (Å²) in [4.78, 5) is 29.5. The highest BCUT2D eigenvalue weighted by molar-refractivity contribution is 5.98. The number of para-hydroxylation sites is 1. The van der Waals surface area contributed by atoms with Crippen LogP contribution in [0.5, 0.6) is 0 Å². The van der Waals surface area contributed by atoms with Crippen molar-refractivity contribution in [2.24, 2.45) is 0 Å². The van der Waals surface area contributed by atoms with Crippen molar-refractivity contribution < 1.29 is 14.7 Å². The number of amides is 1. The van der Waals surface area contributed by atoms with E-state index in [0.717, 1.165) is 5.69 Å². The first-order valence-electron chi connectivity index (χ1n) is 7.20. The molecule has 2 heterocycles. The van der Waals surface area contributed by atoms with Crippen LogP contribution >= 0.6 is 0 Å². The van der Waals surface area contributed by atoms with Crippen molar-refractivity contribution in [2.75, 3.05) is 11.4 Å². The van der Waals surface area contributed by atoms with Crippen LogP contribution in [0.3, 0.4) is 0 Å². The van der Waals surface area contributed by atoms with Crippen LogP contribution in [0, 0.1) is 0 Å². The molecule has 1 aromatic heterocycles. The molecule has 0 spiro atoms. The van der Waals surface area contributed by atoms with E-state index < -0.39 is 11.9 Å². The molecule has 2 aromatic rings. The molecule has 2 unspecified atom stereocenters. The molecule has 1 amide bonds. The first kappa shape index (κ1) is 14.3. The monoisotopic (exact) mass is 299 g/mol. The van der Waals surface area contributed by atoms with Gasteiger partial charge in [-0.15, -0.1) is 0 Å². The minimum atomic E-state index is -0.922. The zero-order valence-electron chi connectivity index (χ0n) is 12.2. The summed E-state index contributed by atoms with van der Waals surface area (Å²) in [5.41, 5.74) is 1.35. The Morgan fingerprint density at radius 2 is 2.09 bits per heavy atom. The van der Waals surface area contributed by atoms with Crippen molar-refractivity contribution in [1.82, 2.24) is 9.55 Å². The van der Waals surface area contributed by atoms with Gasteiger partial charge in [-0.3, -0.25) is 9.59 Å². The van der Waals surface area contributed by atoms with Gasteiger partial charge in [-0.25, -0.2) is 4.98 Å². The van der Waals surface area contributed by atoms with Crippen molar-refractivity contribution in [2.45, 2.75) is 25.3 Å². The van der Waals surface area contributed by atoms with Gasteiger partial charge >= 0.3 is 5.97 Å². The summed E-state index contributed by atoms with van der Waals surface area (Å²) in [5.74, 6) is -1.59.